The molecule has 1 aliphatic heterocycles. The molecular weight excluding hydrogens is 250 g/mol. The van der Waals surface area contributed by atoms with Crippen LogP contribution in [0.15, 0.2) is 30.5 Å². The number of hydrogen-bond donors (Lipinski definition) is 2. The topological polar surface area (TPSA) is 46.1 Å². The summed E-state index contributed by atoms with van der Waals surface area (Å²) in [5, 5.41) is 7.34. The first-order valence-corrected chi connectivity index (χ1v) is 7.28. The van der Waals surface area contributed by atoms with Gasteiger partial charge in [0.1, 0.15) is 0 Å². The molecule has 0 bridgehead atoms. The molecule has 1 saturated heterocycles. The standard InChI is InChI=1S/C16H21N3O/c1-17-16(20)11-12-2-3-13-6-9-19(15(13)10-12)14-4-7-18-8-5-14/h2-3,6,9-10,14,18H,4-5,7-8,11H2,1H3,(H,17,20). The molecule has 4 heteroatoms. The third kappa shape index (κ3) is 2.56. The van der Waals surface area contributed by atoms with E-state index in [0.29, 0.717) is 12.5 Å². The van der Waals surface area contributed by atoms with Gasteiger partial charge in [-0.15, -0.1) is 0 Å². The molecule has 1 aliphatic rings. The Kier molecular flexibility index (Phi) is 3.74. The number of rotatable bonds is 3. The van der Waals surface area contributed by atoms with Gasteiger partial charge >= 0.3 is 0 Å². The van der Waals surface area contributed by atoms with Crippen LogP contribution in [0.3, 0.4) is 0 Å². The summed E-state index contributed by atoms with van der Waals surface area (Å²) in [6.07, 6.45) is 4.97. The maximum Gasteiger partial charge on any atom is 0.224 e. The van der Waals surface area contributed by atoms with Crippen molar-refractivity contribution in [3.8, 4) is 0 Å². The summed E-state index contributed by atoms with van der Waals surface area (Å²) >= 11 is 0. The molecule has 2 N–H and O–H groups in total. The molecule has 106 valence electrons. The number of fused-ring (bicyclic) bond motifs is 1. The summed E-state index contributed by atoms with van der Waals surface area (Å²) in [5.41, 5.74) is 2.32. The Bertz CT molecular complexity index is 611. The fourth-order valence-electron chi connectivity index (χ4n) is 2.98. The fraction of sp³-hybridized carbons (Fsp3) is 0.438. The van der Waals surface area contributed by atoms with Crippen LogP contribution in [0.25, 0.3) is 10.9 Å². The van der Waals surface area contributed by atoms with Crippen molar-refractivity contribution in [2.24, 2.45) is 0 Å². The van der Waals surface area contributed by atoms with E-state index in [9.17, 15) is 4.79 Å². The molecule has 0 radical (unpaired) electrons. The molecule has 0 atom stereocenters. The molecule has 0 unspecified atom stereocenters. The van der Waals surface area contributed by atoms with Crippen molar-refractivity contribution in [1.82, 2.24) is 15.2 Å². The van der Waals surface area contributed by atoms with E-state index >= 15 is 0 Å². The van der Waals surface area contributed by atoms with Gasteiger partial charge in [-0.3, -0.25) is 4.79 Å². The summed E-state index contributed by atoms with van der Waals surface area (Å²) in [4.78, 5) is 11.5. The molecule has 1 aromatic heterocycles. The molecular formula is C16H21N3O. The van der Waals surface area contributed by atoms with Gasteiger partial charge in [-0.25, -0.2) is 0 Å². The summed E-state index contributed by atoms with van der Waals surface area (Å²) < 4.78 is 2.38. The lowest BCUT2D eigenvalue weighted by molar-refractivity contribution is -0.119. The number of hydrogen-bond acceptors (Lipinski definition) is 2. The number of likely N-dealkylation sites (N-methyl/N-ethyl adjacent to an activating group) is 1. The molecule has 3 rings (SSSR count). The lowest BCUT2D eigenvalue weighted by Gasteiger charge is -2.25. The maximum atomic E-state index is 11.5. The fourth-order valence-corrected chi connectivity index (χ4v) is 2.98. The number of carbonyl (C=O) groups excluding carboxylic acids is 1. The highest BCUT2D eigenvalue weighted by atomic mass is 16.1. The van der Waals surface area contributed by atoms with Crippen LogP contribution in [-0.2, 0) is 11.2 Å². The highest BCUT2D eigenvalue weighted by Crippen LogP contribution is 2.26. The lowest BCUT2D eigenvalue weighted by Crippen LogP contribution is -2.29. The highest BCUT2D eigenvalue weighted by molar-refractivity contribution is 5.84. The van der Waals surface area contributed by atoms with Crippen molar-refractivity contribution in [3.05, 3.63) is 36.0 Å². The average Bonchev–Trinajstić information content (AvgIpc) is 2.91. The van der Waals surface area contributed by atoms with Crippen molar-refractivity contribution in [1.29, 1.82) is 0 Å². The third-order valence-electron chi connectivity index (χ3n) is 4.13. The smallest absolute Gasteiger partial charge is 0.224 e. The zero-order valence-electron chi connectivity index (χ0n) is 11.9. The Morgan fingerprint density at radius 1 is 1.35 bits per heavy atom. The summed E-state index contributed by atoms with van der Waals surface area (Å²) in [7, 11) is 1.68. The number of nitrogens with zero attached hydrogens (tertiary/aromatic N) is 1. The van der Waals surface area contributed by atoms with Crippen LogP contribution in [0.4, 0.5) is 0 Å². The first-order valence-electron chi connectivity index (χ1n) is 7.28. The average molecular weight is 271 g/mol. The summed E-state index contributed by atoms with van der Waals surface area (Å²) in [5.74, 6) is 0.0596. The van der Waals surface area contributed by atoms with Crippen LogP contribution >= 0.6 is 0 Å². The SMILES string of the molecule is CNC(=O)Cc1ccc2ccn(C3CCNCC3)c2c1. The van der Waals surface area contributed by atoms with E-state index in [1.807, 2.05) is 6.07 Å². The minimum Gasteiger partial charge on any atom is -0.359 e. The summed E-state index contributed by atoms with van der Waals surface area (Å²) in [6, 6.07) is 9.06. The minimum atomic E-state index is 0.0596. The third-order valence-corrected chi connectivity index (χ3v) is 4.13. The van der Waals surface area contributed by atoms with Gasteiger partial charge in [-0.05, 0) is 49.0 Å². The van der Waals surface area contributed by atoms with Gasteiger partial charge in [0.05, 0.1) is 6.42 Å². The zero-order valence-corrected chi connectivity index (χ0v) is 11.9. The number of piperidine rings is 1. The Labute approximate surface area is 119 Å². The number of amides is 1. The van der Waals surface area contributed by atoms with Crippen LogP contribution < -0.4 is 10.6 Å². The molecule has 1 amide bonds. The van der Waals surface area contributed by atoms with E-state index < -0.39 is 0 Å². The van der Waals surface area contributed by atoms with Gasteiger partial charge < -0.3 is 15.2 Å². The second-order valence-electron chi connectivity index (χ2n) is 5.45. The molecule has 1 fully saturated rings. The Hall–Kier alpha value is -1.81. The summed E-state index contributed by atoms with van der Waals surface area (Å²) in [6.45, 7) is 2.17. The van der Waals surface area contributed by atoms with E-state index in [4.69, 9.17) is 0 Å². The number of nitrogens with one attached hydrogen (secondary N) is 2. The van der Waals surface area contributed by atoms with E-state index in [-0.39, 0.29) is 5.91 Å². The van der Waals surface area contributed by atoms with Crippen molar-refractivity contribution in [2.45, 2.75) is 25.3 Å². The highest BCUT2D eigenvalue weighted by Gasteiger charge is 2.16. The number of benzene rings is 1. The normalized spacial score (nSPS) is 16.4. The van der Waals surface area contributed by atoms with Gasteiger partial charge in [-0.1, -0.05) is 12.1 Å². The molecule has 2 heterocycles. The predicted molar refractivity (Wildman–Crippen MR) is 80.8 cm³/mol. The van der Waals surface area contributed by atoms with Crippen LogP contribution in [0.1, 0.15) is 24.4 Å². The Balaban J connectivity index is 1.92. The van der Waals surface area contributed by atoms with Crippen LogP contribution in [0.2, 0.25) is 0 Å². The first kappa shape index (κ1) is 13.2. The van der Waals surface area contributed by atoms with Crippen LogP contribution in [0, 0.1) is 0 Å². The molecule has 2 aromatic rings. The monoisotopic (exact) mass is 271 g/mol. The minimum absolute atomic E-state index is 0.0596. The van der Waals surface area contributed by atoms with E-state index in [1.165, 1.54) is 23.7 Å². The van der Waals surface area contributed by atoms with Gasteiger partial charge in [0.2, 0.25) is 5.91 Å². The number of aromatic nitrogens is 1. The van der Waals surface area contributed by atoms with Crippen molar-refractivity contribution in [2.75, 3.05) is 20.1 Å². The Morgan fingerprint density at radius 2 is 2.15 bits per heavy atom. The molecule has 1 aromatic carbocycles. The van der Waals surface area contributed by atoms with Crippen LogP contribution in [0.5, 0.6) is 0 Å². The van der Waals surface area contributed by atoms with Crippen molar-refractivity contribution < 1.29 is 4.79 Å². The Morgan fingerprint density at radius 3 is 2.90 bits per heavy atom. The maximum absolute atomic E-state index is 11.5. The number of carbonyl (C=O) groups is 1. The predicted octanol–water partition coefficient (Wildman–Crippen LogP) is 1.85. The zero-order chi connectivity index (χ0) is 13.9. The first-order chi connectivity index (χ1) is 9.78. The van der Waals surface area contributed by atoms with E-state index in [1.54, 1.807) is 7.05 Å². The molecule has 0 spiro atoms. The molecule has 0 saturated carbocycles. The van der Waals surface area contributed by atoms with Gasteiger partial charge in [-0.2, -0.15) is 0 Å². The van der Waals surface area contributed by atoms with Crippen molar-refractivity contribution >= 4 is 16.8 Å². The van der Waals surface area contributed by atoms with Gasteiger partial charge in [0, 0.05) is 24.8 Å². The van der Waals surface area contributed by atoms with Crippen LogP contribution in [-0.4, -0.2) is 30.6 Å². The van der Waals surface area contributed by atoms with Gasteiger partial charge in [0.15, 0.2) is 0 Å². The van der Waals surface area contributed by atoms with Crippen molar-refractivity contribution in [3.63, 3.8) is 0 Å². The lowest BCUT2D eigenvalue weighted by atomic mass is 10.1. The molecule has 20 heavy (non-hydrogen) atoms. The van der Waals surface area contributed by atoms with Gasteiger partial charge in [0.25, 0.3) is 0 Å². The second-order valence-corrected chi connectivity index (χ2v) is 5.45. The molecule has 0 aliphatic carbocycles. The largest absolute Gasteiger partial charge is 0.359 e. The van der Waals surface area contributed by atoms with E-state index in [2.05, 4.69) is 39.6 Å². The quantitative estimate of drug-likeness (QED) is 0.895. The second kappa shape index (κ2) is 5.67. The van der Waals surface area contributed by atoms with E-state index in [0.717, 1.165) is 18.7 Å². The molecule has 4 nitrogen and oxygen atoms in total.